The van der Waals surface area contributed by atoms with E-state index in [0.717, 1.165) is 19.5 Å². The van der Waals surface area contributed by atoms with Crippen molar-refractivity contribution in [3.8, 4) is 0 Å². The largest absolute Gasteiger partial charge is 0.396 e. The van der Waals surface area contributed by atoms with Crippen molar-refractivity contribution in [2.24, 2.45) is 5.16 Å². The summed E-state index contributed by atoms with van der Waals surface area (Å²) in [6.45, 7) is 4.70. The van der Waals surface area contributed by atoms with E-state index < -0.39 is 0 Å². The van der Waals surface area contributed by atoms with Gasteiger partial charge in [-0.3, -0.25) is 0 Å². The highest BCUT2D eigenvalue weighted by molar-refractivity contribution is 5.85. The summed E-state index contributed by atoms with van der Waals surface area (Å²) < 4.78 is 0. The van der Waals surface area contributed by atoms with E-state index in [0.29, 0.717) is 6.61 Å². The third kappa shape index (κ3) is 4.90. The molecular formula is C9H17ClN2O. The number of likely N-dealkylation sites (N-methyl/N-ethyl adjacent to an activating group) is 1. The Morgan fingerprint density at radius 3 is 3.08 bits per heavy atom. The van der Waals surface area contributed by atoms with Crippen molar-refractivity contribution < 1.29 is 4.84 Å². The van der Waals surface area contributed by atoms with Crippen LogP contribution in [0, 0.1) is 0 Å². The van der Waals surface area contributed by atoms with Crippen LogP contribution in [-0.2, 0) is 4.84 Å². The summed E-state index contributed by atoms with van der Waals surface area (Å²) in [5, 5.41) is 3.83. The first-order valence-corrected chi connectivity index (χ1v) is 4.36. The maximum atomic E-state index is 4.88. The van der Waals surface area contributed by atoms with E-state index in [1.54, 1.807) is 6.21 Å². The molecule has 13 heavy (non-hydrogen) atoms. The van der Waals surface area contributed by atoms with Gasteiger partial charge in [0.2, 0.25) is 0 Å². The van der Waals surface area contributed by atoms with Crippen molar-refractivity contribution in [2.45, 2.75) is 13.3 Å². The Hall–Kier alpha value is -0.540. The summed E-state index contributed by atoms with van der Waals surface area (Å²) in [5.41, 5.74) is 1.25. The highest BCUT2D eigenvalue weighted by atomic mass is 35.5. The smallest absolute Gasteiger partial charge is 0.114 e. The Kier molecular flexibility index (Phi) is 6.63. The van der Waals surface area contributed by atoms with Gasteiger partial charge in [-0.05, 0) is 26.0 Å². The number of nitrogens with zero attached hydrogens (tertiary/aromatic N) is 2. The van der Waals surface area contributed by atoms with E-state index >= 15 is 0 Å². The van der Waals surface area contributed by atoms with Crippen LogP contribution in [0.3, 0.4) is 0 Å². The number of hydrogen-bond acceptors (Lipinski definition) is 3. The van der Waals surface area contributed by atoms with Crippen molar-refractivity contribution in [1.82, 2.24) is 4.90 Å². The summed E-state index contributed by atoms with van der Waals surface area (Å²) in [6, 6.07) is 0. The standard InChI is InChI=1S/C9H16N2O.ClH/c1-3-12-10-7-9-5-4-6-11(2)8-9;/h5,7H,3-4,6,8H2,1-2H3;1H/b10-7+;. The molecule has 1 heterocycles. The Labute approximate surface area is 85.8 Å². The zero-order chi connectivity index (χ0) is 8.81. The average molecular weight is 205 g/mol. The van der Waals surface area contributed by atoms with Crippen molar-refractivity contribution in [3.63, 3.8) is 0 Å². The van der Waals surface area contributed by atoms with E-state index in [1.807, 2.05) is 6.92 Å². The van der Waals surface area contributed by atoms with Gasteiger partial charge in [0.05, 0.1) is 6.21 Å². The van der Waals surface area contributed by atoms with Crippen molar-refractivity contribution >= 4 is 18.6 Å². The van der Waals surface area contributed by atoms with Crippen LogP contribution >= 0.6 is 12.4 Å². The van der Waals surface area contributed by atoms with Crippen LogP contribution in [0.5, 0.6) is 0 Å². The van der Waals surface area contributed by atoms with E-state index in [-0.39, 0.29) is 12.4 Å². The lowest BCUT2D eigenvalue weighted by atomic mass is 10.1. The normalized spacial score (nSPS) is 18.2. The van der Waals surface area contributed by atoms with Crippen molar-refractivity contribution in [1.29, 1.82) is 0 Å². The van der Waals surface area contributed by atoms with Crippen LogP contribution in [0.4, 0.5) is 0 Å². The lowest BCUT2D eigenvalue weighted by Gasteiger charge is -2.20. The highest BCUT2D eigenvalue weighted by Gasteiger charge is 2.05. The van der Waals surface area contributed by atoms with Gasteiger partial charge in [0.1, 0.15) is 6.61 Å². The second-order valence-electron chi connectivity index (χ2n) is 2.96. The van der Waals surface area contributed by atoms with Gasteiger partial charge in [-0.1, -0.05) is 11.2 Å². The molecule has 0 spiro atoms. The van der Waals surface area contributed by atoms with Crippen LogP contribution in [0.1, 0.15) is 13.3 Å². The van der Waals surface area contributed by atoms with Crippen molar-refractivity contribution in [2.75, 3.05) is 26.7 Å². The molecule has 1 aliphatic rings. The van der Waals surface area contributed by atoms with E-state index in [9.17, 15) is 0 Å². The molecule has 0 unspecified atom stereocenters. The second-order valence-corrected chi connectivity index (χ2v) is 2.96. The fraction of sp³-hybridized carbons (Fsp3) is 0.667. The lowest BCUT2D eigenvalue weighted by Crippen LogP contribution is -2.25. The molecule has 0 aliphatic carbocycles. The van der Waals surface area contributed by atoms with Gasteiger partial charge in [0.25, 0.3) is 0 Å². The molecule has 0 aromatic rings. The number of halogens is 1. The van der Waals surface area contributed by atoms with Gasteiger partial charge in [0, 0.05) is 13.1 Å². The predicted octanol–water partition coefficient (Wildman–Crippen LogP) is 1.69. The Morgan fingerprint density at radius 2 is 2.46 bits per heavy atom. The summed E-state index contributed by atoms with van der Waals surface area (Å²) in [4.78, 5) is 7.15. The van der Waals surface area contributed by atoms with Crippen LogP contribution in [0.2, 0.25) is 0 Å². The molecule has 1 rings (SSSR count). The van der Waals surface area contributed by atoms with Crippen LogP contribution in [-0.4, -0.2) is 37.9 Å². The maximum Gasteiger partial charge on any atom is 0.114 e. The minimum Gasteiger partial charge on any atom is -0.396 e. The molecule has 0 saturated carbocycles. The minimum atomic E-state index is 0. The number of hydrogen-bond donors (Lipinski definition) is 0. The minimum absolute atomic E-state index is 0. The Bertz CT molecular complexity index is 192. The fourth-order valence-electron chi connectivity index (χ4n) is 1.20. The van der Waals surface area contributed by atoms with Gasteiger partial charge in [-0.2, -0.15) is 0 Å². The molecule has 4 heteroatoms. The molecule has 0 saturated heterocycles. The second kappa shape index (κ2) is 6.92. The monoisotopic (exact) mass is 204 g/mol. The molecule has 0 aromatic carbocycles. The van der Waals surface area contributed by atoms with Crippen LogP contribution in [0.15, 0.2) is 16.8 Å². The van der Waals surface area contributed by atoms with Gasteiger partial charge in [-0.15, -0.1) is 12.4 Å². The quantitative estimate of drug-likeness (QED) is 0.517. The van der Waals surface area contributed by atoms with Gasteiger partial charge < -0.3 is 9.74 Å². The van der Waals surface area contributed by atoms with Gasteiger partial charge in [-0.25, -0.2) is 0 Å². The number of oxime groups is 1. The van der Waals surface area contributed by atoms with E-state index in [1.165, 1.54) is 5.57 Å². The fourth-order valence-corrected chi connectivity index (χ4v) is 1.20. The summed E-state index contributed by atoms with van der Waals surface area (Å²) in [7, 11) is 2.11. The van der Waals surface area contributed by atoms with Gasteiger partial charge in [0.15, 0.2) is 0 Å². The zero-order valence-electron chi connectivity index (χ0n) is 8.19. The predicted molar refractivity (Wildman–Crippen MR) is 57.6 cm³/mol. The molecule has 1 aliphatic heterocycles. The van der Waals surface area contributed by atoms with E-state index in [4.69, 9.17) is 4.84 Å². The lowest BCUT2D eigenvalue weighted by molar-refractivity contribution is 0.160. The molecule has 76 valence electrons. The third-order valence-corrected chi connectivity index (χ3v) is 1.79. The van der Waals surface area contributed by atoms with Crippen LogP contribution < -0.4 is 0 Å². The first kappa shape index (κ1) is 12.5. The van der Waals surface area contributed by atoms with Crippen LogP contribution in [0.25, 0.3) is 0 Å². The molecule has 0 atom stereocenters. The zero-order valence-corrected chi connectivity index (χ0v) is 9.01. The first-order valence-electron chi connectivity index (χ1n) is 4.36. The van der Waals surface area contributed by atoms with Gasteiger partial charge >= 0.3 is 0 Å². The third-order valence-electron chi connectivity index (χ3n) is 1.79. The summed E-state index contributed by atoms with van der Waals surface area (Å²) in [5.74, 6) is 0. The molecule has 3 nitrogen and oxygen atoms in total. The Balaban J connectivity index is 0.00000144. The van der Waals surface area contributed by atoms with Crippen molar-refractivity contribution in [3.05, 3.63) is 11.6 Å². The first-order chi connectivity index (χ1) is 5.83. The molecule has 0 bridgehead atoms. The maximum absolute atomic E-state index is 4.88. The van der Waals surface area contributed by atoms with E-state index in [2.05, 4.69) is 23.2 Å². The molecule has 0 amide bonds. The summed E-state index contributed by atoms with van der Waals surface area (Å²) >= 11 is 0. The molecule has 0 aromatic heterocycles. The number of rotatable bonds is 3. The summed E-state index contributed by atoms with van der Waals surface area (Å²) in [6.07, 6.45) is 5.13. The molecule has 0 fully saturated rings. The molecular weight excluding hydrogens is 188 g/mol. The molecule has 0 radical (unpaired) electrons. The highest BCUT2D eigenvalue weighted by Crippen LogP contribution is 2.04. The SMILES string of the molecule is CCO/N=C/C1=CCCN(C)C1.Cl. The Morgan fingerprint density at radius 1 is 1.69 bits per heavy atom. The topological polar surface area (TPSA) is 24.8 Å². The average Bonchev–Trinajstić information content (AvgIpc) is 2.05. The molecule has 0 N–H and O–H groups in total.